The average Bonchev–Trinajstić information content (AvgIpc) is 2.72. The van der Waals surface area contributed by atoms with Gasteiger partial charge in [-0.25, -0.2) is 9.97 Å². The zero-order chi connectivity index (χ0) is 21.0. The van der Waals surface area contributed by atoms with Gasteiger partial charge >= 0.3 is 6.18 Å². The maximum absolute atomic E-state index is 12.8. The summed E-state index contributed by atoms with van der Waals surface area (Å²) >= 11 is 0. The Morgan fingerprint density at radius 2 is 1.69 bits per heavy atom. The Morgan fingerprint density at radius 1 is 0.966 bits per heavy atom. The van der Waals surface area contributed by atoms with Gasteiger partial charge < -0.3 is 11.1 Å². The normalized spacial score (nSPS) is 11.1. The third-order valence-electron chi connectivity index (χ3n) is 3.89. The number of carbonyl (C=O) groups excluding carboxylic acids is 2. The van der Waals surface area contributed by atoms with E-state index in [4.69, 9.17) is 5.73 Å². The van der Waals surface area contributed by atoms with E-state index in [9.17, 15) is 22.8 Å². The standard InChI is InChI=1S/C19H14F3N5O2/c20-19(21,22)14-3-1-2-12(6-14)16(28)13-9-26-18(27-10-13)25-8-11-4-5-15(17(23)29)24-7-11/h1-7,9-10H,8H2,(H2,23,29)(H,25,26,27). The molecule has 0 aliphatic heterocycles. The second-order valence-electron chi connectivity index (χ2n) is 5.97. The van der Waals surface area contributed by atoms with Crippen LogP contribution >= 0.6 is 0 Å². The number of amides is 1. The number of hydrogen-bond donors (Lipinski definition) is 2. The van der Waals surface area contributed by atoms with Crippen LogP contribution in [0.4, 0.5) is 19.1 Å². The predicted molar refractivity (Wildman–Crippen MR) is 97.0 cm³/mol. The van der Waals surface area contributed by atoms with E-state index in [-0.39, 0.29) is 22.8 Å². The molecule has 0 spiro atoms. The molecule has 0 saturated carbocycles. The van der Waals surface area contributed by atoms with E-state index < -0.39 is 23.4 Å². The number of pyridine rings is 1. The van der Waals surface area contributed by atoms with Gasteiger partial charge in [-0.3, -0.25) is 14.6 Å². The lowest BCUT2D eigenvalue weighted by Gasteiger charge is -2.08. The van der Waals surface area contributed by atoms with E-state index in [1.807, 2.05) is 0 Å². The Morgan fingerprint density at radius 3 is 2.28 bits per heavy atom. The van der Waals surface area contributed by atoms with E-state index in [1.54, 1.807) is 6.07 Å². The van der Waals surface area contributed by atoms with Gasteiger partial charge in [-0.05, 0) is 23.8 Å². The largest absolute Gasteiger partial charge is 0.416 e. The molecule has 0 radical (unpaired) electrons. The van der Waals surface area contributed by atoms with Gasteiger partial charge in [0.05, 0.1) is 11.1 Å². The molecule has 0 atom stereocenters. The average molecular weight is 401 g/mol. The number of benzene rings is 1. The summed E-state index contributed by atoms with van der Waals surface area (Å²) in [5.74, 6) is -1.03. The van der Waals surface area contributed by atoms with Crippen LogP contribution in [0, 0.1) is 0 Å². The van der Waals surface area contributed by atoms with Gasteiger partial charge in [0.2, 0.25) is 5.95 Å². The fourth-order valence-electron chi connectivity index (χ4n) is 2.40. The van der Waals surface area contributed by atoms with E-state index in [2.05, 4.69) is 20.3 Å². The second kappa shape index (κ2) is 8.05. The SMILES string of the molecule is NC(=O)c1ccc(CNc2ncc(C(=O)c3cccc(C(F)(F)F)c3)cn2)cn1. The van der Waals surface area contributed by atoms with Crippen LogP contribution in [0.3, 0.4) is 0 Å². The summed E-state index contributed by atoms with van der Waals surface area (Å²) in [6, 6.07) is 7.29. The lowest BCUT2D eigenvalue weighted by Crippen LogP contribution is -2.13. The van der Waals surface area contributed by atoms with E-state index in [1.165, 1.54) is 36.8 Å². The van der Waals surface area contributed by atoms with Crippen LogP contribution in [0.5, 0.6) is 0 Å². The molecular formula is C19H14F3N5O2. The monoisotopic (exact) mass is 401 g/mol. The maximum atomic E-state index is 12.8. The summed E-state index contributed by atoms with van der Waals surface area (Å²) < 4.78 is 38.4. The van der Waals surface area contributed by atoms with Crippen LogP contribution < -0.4 is 11.1 Å². The second-order valence-corrected chi connectivity index (χ2v) is 5.97. The molecule has 3 aromatic rings. The fourth-order valence-corrected chi connectivity index (χ4v) is 2.40. The molecule has 0 bridgehead atoms. The van der Waals surface area contributed by atoms with E-state index in [0.717, 1.165) is 17.7 Å². The van der Waals surface area contributed by atoms with Gasteiger partial charge in [0.15, 0.2) is 5.78 Å². The number of nitrogens with one attached hydrogen (secondary N) is 1. The van der Waals surface area contributed by atoms with Crippen LogP contribution in [0.1, 0.15) is 37.5 Å². The lowest BCUT2D eigenvalue weighted by molar-refractivity contribution is -0.137. The molecule has 0 saturated heterocycles. The lowest BCUT2D eigenvalue weighted by atomic mass is 10.0. The number of nitrogens with two attached hydrogens (primary N) is 1. The van der Waals surface area contributed by atoms with E-state index in [0.29, 0.717) is 6.54 Å². The summed E-state index contributed by atoms with van der Waals surface area (Å²) in [6.07, 6.45) is -0.609. The number of alkyl halides is 3. The summed E-state index contributed by atoms with van der Waals surface area (Å²) in [7, 11) is 0. The van der Waals surface area contributed by atoms with Crippen molar-refractivity contribution in [2.75, 3.05) is 5.32 Å². The number of ketones is 1. The minimum atomic E-state index is -4.54. The highest BCUT2D eigenvalue weighted by Gasteiger charge is 2.31. The smallest absolute Gasteiger partial charge is 0.364 e. The molecule has 29 heavy (non-hydrogen) atoms. The Kier molecular flexibility index (Phi) is 5.53. The zero-order valence-electron chi connectivity index (χ0n) is 14.8. The van der Waals surface area contributed by atoms with Crippen molar-refractivity contribution >= 4 is 17.6 Å². The van der Waals surface area contributed by atoms with Crippen molar-refractivity contribution in [3.05, 3.63) is 82.9 Å². The van der Waals surface area contributed by atoms with E-state index >= 15 is 0 Å². The summed E-state index contributed by atoms with van der Waals surface area (Å²) in [4.78, 5) is 35.3. The van der Waals surface area contributed by atoms with Crippen LogP contribution in [0.25, 0.3) is 0 Å². The summed E-state index contributed by atoms with van der Waals surface area (Å²) in [6.45, 7) is 0.299. The summed E-state index contributed by atoms with van der Waals surface area (Å²) in [5.41, 5.74) is 5.05. The van der Waals surface area contributed by atoms with Crippen LogP contribution in [-0.4, -0.2) is 26.6 Å². The van der Waals surface area contributed by atoms with Crippen molar-refractivity contribution < 1.29 is 22.8 Å². The van der Waals surface area contributed by atoms with Gasteiger partial charge in [-0.1, -0.05) is 18.2 Å². The highest BCUT2D eigenvalue weighted by atomic mass is 19.4. The number of nitrogens with zero attached hydrogens (tertiary/aromatic N) is 3. The number of aromatic nitrogens is 3. The van der Waals surface area contributed by atoms with Crippen LogP contribution in [0.2, 0.25) is 0 Å². The number of halogens is 3. The first-order valence-electron chi connectivity index (χ1n) is 8.26. The minimum absolute atomic E-state index is 0.0577. The number of anilines is 1. The maximum Gasteiger partial charge on any atom is 0.416 e. The van der Waals surface area contributed by atoms with Crippen LogP contribution in [-0.2, 0) is 12.7 Å². The molecule has 2 heterocycles. The Balaban J connectivity index is 1.67. The third kappa shape index (κ3) is 4.92. The molecule has 0 aliphatic rings. The van der Waals surface area contributed by atoms with Gasteiger partial charge in [0.25, 0.3) is 5.91 Å². The zero-order valence-corrected chi connectivity index (χ0v) is 14.8. The first-order valence-corrected chi connectivity index (χ1v) is 8.26. The molecular weight excluding hydrogens is 387 g/mol. The summed E-state index contributed by atoms with van der Waals surface area (Å²) in [5, 5.41) is 2.91. The van der Waals surface area contributed by atoms with Crippen molar-refractivity contribution in [3.8, 4) is 0 Å². The number of carbonyl (C=O) groups is 2. The van der Waals surface area contributed by atoms with Crippen LogP contribution in [0.15, 0.2) is 55.0 Å². The fraction of sp³-hybridized carbons (Fsp3) is 0.105. The van der Waals surface area contributed by atoms with Crippen molar-refractivity contribution in [1.82, 2.24) is 15.0 Å². The molecule has 7 nitrogen and oxygen atoms in total. The Bertz CT molecular complexity index is 1030. The number of primary amides is 1. The third-order valence-corrected chi connectivity index (χ3v) is 3.89. The number of rotatable bonds is 6. The Hall–Kier alpha value is -3.82. The highest BCUT2D eigenvalue weighted by molar-refractivity contribution is 6.08. The first kappa shape index (κ1) is 19.9. The molecule has 0 unspecified atom stereocenters. The Labute approximate surface area is 162 Å². The minimum Gasteiger partial charge on any atom is -0.364 e. The molecule has 0 fully saturated rings. The molecule has 1 aromatic carbocycles. The van der Waals surface area contributed by atoms with Gasteiger partial charge in [0, 0.05) is 30.7 Å². The van der Waals surface area contributed by atoms with Gasteiger partial charge in [0.1, 0.15) is 5.69 Å². The molecule has 3 rings (SSSR count). The molecule has 1 amide bonds. The van der Waals surface area contributed by atoms with Gasteiger partial charge in [-0.15, -0.1) is 0 Å². The first-order chi connectivity index (χ1) is 13.7. The molecule has 10 heteroatoms. The number of hydrogen-bond acceptors (Lipinski definition) is 6. The quantitative estimate of drug-likeness (QED) is 0.615. The predicted octanol–water partition coefficient (Wildman–Crippen LogP) is 2.83. The molecule has 3 N–H and O–H groups in total. The van der Waals surface area contributed by atoms with Crippen molar-refractivity contribution in [3.63, 3.8) is 0 Å². The highest BCUT2D eigenvalue weighted by Crippen LogP contribution is 2.29. The molecule has 2 aromatic heterocycles. The van der Waals surface area contributed by atoms with Crippen molar-refractivity contribution in [2.24, 2.45) is 5.73 Å². The molecule has 148 valence electrons. The van der Waals surface area contributed by atoms with Crippen molar-refractivity contribution in [2.45, 2.75) is 12.7 Å². The molecule has 0 aliphatic carbocycles. The topological polar surface area (TPSA) is 111 Å². The van der Waals surface area contributed by atoms with Gasteiger partial charge in [-0.2, -0.15) is 13.2 Å². The van der Waals surface area contributed by atoms with Crippen molar-refractivity contribution in [1.29, 1.82) is 0 Å².